The molecule has 3 rings (SSSR count). The van der Waals surface area contributed by atoms with Crippen LogP contribution < -0.4 is 0 Å². The van der Waals surface area contributed by atoms with Crippen molar-refractivity contribution in [2.24, 2.45) is 13.0 Å². The molecule has 1 saturated carbocycles. The number of likely N-dealkylation sites (tertiary alicyclic amines) is 1. The third kappa shape index (κ3) is 2.19. The van der Waals surface area contributed by atoms with Crippen molar-refractivity contribution >= 4 is 0 Å². The summed E-state index contributed by atoms with van der Waals surface area (Å²) in [5.74, 6) is 1.63. The lowest BCUT2D eigenvalue weighted by atomic mass is 9.94. The minimum Gasteiger partial charge on any atom is -0.393 e. The maximum Gasteiger partial charge on any atom is 0.122 e. The first-order chi connectivity index (χ1) is 8.75. The standard InChI is InChI=1S/C14H23N3O/c1-16-9-7-15-14(16)10-17-8-3-5-12(17)11-4-2-6-13(11)18/h7,9,11-13,18H,2-6,8,10H2,1H3. The Morgan fingerprint density at radius 3 is 2.89 bits per heavy atom. The largest absolute Gasteiger partial charge is 0.393 e. The lowest BCUT2D eigenvalue weighted by Gasteiger charge is -2.30. The number of nitrogens with zero attached hydrogens (tertiary/aromatic N) is 3. The highest BCUT2D eigenvalue weighted by molar-refractivity contribution is 4.96. The Morgan fingerprint density at radius 1 is 1.33 bits per heavy atom. The van der Waals surface area contributed by atoms with Crippen molar-refractivity contribution in [3.8, 4) is 0 Å². The average molecular weight is 249 g/mol. The summed E-state index contributed by atoms with van der Waals surface area (Å²) in [5.41, 5.74) is 0. The quantitative estimate of drug-likeness (QED) is 0.883. The van der Waals surface area contributed by atoms with Crippen molar-refractivity contribution in [3.05, 3.63) is 18.2 Å². The summed E-state index contributed by atoms with van der Waals surface area (Å²) in [7, 11) is 2.05. The fourth-order valence-corrected chi connectivity index (χ4v) is 3.68. The normalized spacial score (nSPS) is 33.3. The summed E-state index contributed by atoms with van der Waals surface area (Å²) in [6, 6.07) is 0.569. The number of aliphatic hydroxyl groups excluding tert-OH is 1. The van der Waals surface area contributed by atoms with Gasteiger partial charge in [0.25, 0.3) is 0 Å². The molecule has 1 aromatic heterocycles. The molecule has 100 valence electrons. The Bertz CT molecular complexity index is 403. The minimum atomic E-state index is -0.0722. The molecule has 0 aromatic carbocycles. The Kier molecular flexibility index (Phi) is 3.39. The smallest absolute Gasteiger partial charge is 0.122 e. The van der Waals surface area contributed by atoms with E-state index in [2.05, 4.69) is 21.5 Å². The van der Waals surface area contributed by atoms with Crippen molar-refractivity contribution in [2.75, 3.05) is 6.54 Å². The monoisotopic (exact) mass is 249 g/mol. The Hall–Kier alpha value is -0.870. The zero-order valence-corrected chi connectivity index (χ0v) is 11.1. The number of aliphatic hydroxyl groups is 1. The highest BCUT2D eigenvalue weighted by atomic mass is 16.3. The molecule has 3 atom stereocenters. The highest BCUT2D eigenvalue weighted by Crippen LogP contribution is 2.36. The Balaban J connectivity index is 1.69. The van der Waals surface area contributed by atoms with Crippen LogP contribution in [0.5, 0.6) is 0 Å². The second-order valence-corrected chi connectivity index (χ2v) is 5.80. The molecule has 0 spiro atoms. The van der Waals surface area contributed by atoms with Gasteiger partial charge in [0.05, 0.1) is 12.6 Å². The van der Waals surface area contributed by atoms with Crippen LogP contribution in [-0.4, -0.2) is 38.2 Å². The molecule has 4 nitrogen and oxygen atoms in total. The number of aryl methyl sites for hydroxylation is 1. The van der Waals surface area contributed by atoms with Crippen molar-refractivity contribution in [3.63, 3.8) is 0 Å². The van der Waals surface area contributed by atoms with Crippen LogP contribution in [0.4, 0.5) is 0 Å². The van der Waals surface area contributed by atoms with Gasteiger partial charge in [0.2, 0.25) is 0 Å². The van der Waals surface area contributed by atoms with Crippen molar-refractivity contribution in [2.45, 2.75) is 50.8 Å². The zero-order valence-electron chi connectivity index (χ0n) is 11.1. The maximum atomic E-state index is 10.1. The van der Waals surface area contributed by atoms with Crippen LogP contribution in [0.1, 0.15) is 37.9 Å². The molecule has 1 aromatic rings. The lowest BCUT2D eigenvalue weighted by Crippen LogP contribution is -2.38. The minimum absolute atomic E-state index is 0.0722. The molecule has 1 saturated heterocycles. The molecular formula is C14H23N3O. The van der Waals surface area contributed by atoms with Gasteiger partial charge >= 0.3 is 0 Å². The number of hydrogen-bond acceptors (Lipinski definition) is 3. The fourth-order valence-electron chi connectivity index (χ4n) is 3.68. The molecule has 2 fully saturated rings. The molecule has 18 heavy (non-hydrogen) atoms. The molecule has 1 N–H and O–H groups in total. The van der Waals surface area contributed by atoms with Crippen LogP contribution in [0.3, 0.4) is 0 Å². The molecule has 0 amide bonds. The fraction of sp³-hybridized carbons (Fsp3) is 0.786. The summed E-state index contributed by atoms with van der Waals surface area (Å²) in [6.07, 6.45) is 9.69. The topological polar surface area (TPSA) is 41.3 Å². The van der Waals surface area contributed by atoms with Crippen LogP contribution in [0, 0.1) is 5.92 Å². The van der Waals surface area contributed by atoms with Crippen LogP contribution in [-0.2, 0) is 13.6 Å². The van der Waals surface area contributed by atoms with Gasteiger partial charge in [-0.3, -0.25) is 4.90 Å². The second-order valence-electron chi connectivity index (χ2n) is 5.80. The van der Waals surface area contributed by atoms with E-state index in [9.17, 15) is 5.11 Å². The van der Waals surface area contributed by atoms with Gasteiger partial charge in [-0.2, -0.15) is 0 Å². The van der Waals surface area contributed by atoms with Gasteiger partial charge in [0.1, 0.15) is 5.82 Å². The van der Waals surface area contributed by atoms with Crippen LogP contribution in [0.15, 0.2) is 12.4 Å². The molecule has 4 heteroatoms. The molecule has 1 aliphatic carbocycles. The van der Waals surface area contributed by atoms with E-state index in [1.54, 1.807) is 0 Å². The summed E-state index contributed by atoms with van der Waals surface area (Å²) in [4.78, 5) is 6.95. The predicted octanol–water partition coefficient (Wildman–Crippen LogP) is 1.55. The van der Waals surface area contributed by atoms with Crippen LogP contribution in [0.25, 0.3) is 0 Å². The first-order valence-corrected chi connectivity index (χ1v) is 7.14. The van der Waals surface area contributed by atoms with Crippen LogP contribution >= 0.6 is 0 Å². The van der Waals surface area contributed by atoms with Gasteiger partial charge in [-0.25, -0.2) is 4.98 Å². The van der Waals surface area contributed by atoms with Crippen molar-refractivity contribution in [1.29, 1.82) is 0 Å². The molecule has 0 bridgehead atoms. The first-order valence-electron chi connectivity index (χ1n) is 7.14. The molecule has 0 radical (unpaired) electrons. The van der Waals surface area contributed by atoms with Crippen LogP contribution in [0.2, 0.25) is 0 Å². The molecule has 1 aliphatic heterocycles. The van der Waals surface area contributed by atoms with Crippen molar-refractivity contribution < 1.29 is 5.11 Å². The van der Waals surface area contributed by atoms with Gasteiger partial charge in [-0.15, -0.1) is 0 Å². The summed E-state index contributed by atoms with van der Waals surface area (Å²) in [5, 5.41) is 10.1. The van der Waals surface area contributed by atoms with Crippen molar-refractivity contribution in [1.82, 2.24) is 14.5 Å². The Morgan fingerprint density at radius 2 is 2.22 bits per heavy atom. The van der Waals surface area contributed by atoms with E-state index in [4.69, 9.17) is 0 Å². The third-order valence-electron chi connectivity index (χ3n) is 4.71. The van der Waals surface area contributed by atoms with E-state index in [1.165, 1.54) is 25.7 Å². The Labute approximate surface area is 109 Å². The number of rotatable bonds is 3. The van der Waals surface area contributed by atoms with E-state index in [0.717, 1.165) is 25.3 Å². The van der Waals surface area contributed by atoms with Gasteiger partial charge in [-0.1, -0.05) is 6.42 Å². The first kappa shape index (κ1) is 12.2. The van der Waals surface area contributed by atoms with Gasteiger partial charge in [-0.05, 0) is 32.2 Å². The summed E-state index contributed by atoms with van der Waals surface area (Å²) >= 11 is 0. The zero-order chi connectivity index (χ0) is 12.5. The van der Waals surface area contributed by atoms with E-state index in [0.29, 0.717) is 12.0 Å². The number of aromatic nitrogens is 2. The van der Waals surface area contributed by atoms with Gasteiger partial charge in [0, 0.05) is 31.4 Å². The molecular weight excluding hydrogens is 226 g/mol. The molecule has 2 heterocycles. The van der Waals surface area contributed by atoms with E-state index < -0.39 is 0 Å². The van der Waals surface area contributed by atoms with E-state index >= 15 is 0 Å². The molecule has 2 aliphatic rings. The molecule has 3 unspecified atom stereocenters. The summed E-state index contributed by atoms with van der Waals surface area (Å²) < 4.78 is 2.10. The lowest BCUT2D eigenvalue weighted by molar-refractivity contribution is 0.0706. The number of imidazole rings is 1. The van der Waals surface area contributed by atoms with E-state index in [-0.39, 0.29) is 6.10 Å². The average Bonchev–Trinajstić information content (AvgIpc) is 3.03. The predicted molar refractivity (Wildman–Crippen MR) is 70.0 cm³/mol. The van der Waals surface area contributed by atoms with Gasteiger partial charge < -0.3 is 9.67 Å². The third-order valence-corrected chi connectivity index (χ3v) is 4.71. The second kappa shape index (κ2) is 5.02. The van der Waals surface area contributed by atoms with E-state index in [1.807, 2.05) is 12.4 Å². The SMILES string of the molecule is Cn1ccnc1CN1CCCC1C1CCCC1O. The summed E-state index contributed by atoms with van der Waals surface area (Å²) in [6.45, 7) is 2.08. The highest BCUT2D eigenvalue weighted by Gasteiger charge is 2.38. The maximum absolute atomic E-state index is 10.1. The van der Waals surface area contributed by atoms with Gasteiger partial charge in [0.15, 0.2) is 0 Å². The number of hydrogen-bond donors (Lipinski definition) is 1.